The molecular formula is C15H22N2O5S2. The molecule has 4 N–H and O–H groups in total. The standard InChI is InChI=1S/C15H22N2O5S2/c1-4-6-9-15(14(21)22,23-8(5-2)11(16)19)24-13-10(7(3)18)12(20)17(9)13/h4,7-10,13,18H,1,5-6H2,2-3H3,(H2,16,19)(H,21,22)/t7?,8?,9?,10-,13+,15?/m0/s1. The topological polar surface area (TPSA) is 121 Å². The maximum Gasteiger partial charge on any atom is 0.332 e. The monoisotopic (exact) mass is 374 g/mol. The zero-order valence-corrected chi connectivity index (χ0v) is 15.2. The summed E-state index contributed by atoms with van der Waals surface area (Å²) in [5.41, 5.74) is 5.39. The van der Waals surface area contributed by atoms with Gasteiger partial charge in [0.2, 0.25) is 11.8 Å². The van der Waals surface area contributed by atoms with Gasteiger partial charge < -0.3 is 20.8 Å². The number of thioether (sulfide) groups is 2. The van der Waals surface area contributed by atoms with Crippen molar-refractivity contribution in [3.05, 3.63) is 12.7 Å². The number of nitrogens with zero attached hydrogens (tertiary/aromatic N) is 1. The van der Waals surface area contributed by atoms with Gasteiger partial charge in [0.15, 0.2) is 4.08 Å². The Balaban J connectivity index is 2.41. The van der Waals surface area contributed by atoms with Crippen molar-refractivity contribution in [3.63, 3.8) is 0 Å². The number of fused-ring (bicyclic) bond motifs is 1. The van der Waals surface area contributed by atoms with Crippen LogP contribution in [-0.4, -0.2) is 59.7 Å². The summed E-state index contributed by atoms with van der Waals surface area (Å²) in [4.78, 5) is 37.7. The number of carbonyl (C=O) groups excluding carboxylic acids is 2. The van der Waals surface area contributed by atoms with Crippen molar-refractivity contribution in [2.45, 2.75) is 53.5 Å². The van der Waals surface area contributed by atoms with E-state index >= 15 is 0 Å². The second-order valence-electron chi connectivity index (χ2n) is 5.95. The molecule has 0 saturated carbocycles. The predicted molar refractivity (Wildman–Crippen MR) is 93.2 cm³/mol. The third-order valence-corrected chi connectivity index (χ3v) is 8.19. The molecule has 0 bridgehead atoms. The lowest BCUT2D eigenvalue weighted by molar-refractivity contribution is -0.160. The van der Waals surface area contributed by atoms with Crippen LogP contribution in [0.25, 0.3) is 0 Å². The lowest BCUT2D eigenvalue weighted by Gasteiger charge is -2.45. The first-order chi connectivity index (χ1) is 11.2. The Hall–Kier alpha value is -1.19. The van der Waals surface area contributed by atoms with Gasteiger partial charge in [0.05, 0.1) is 28.7 Å². The first kappa shape index (κ1) is 19.1. The van der Waals surface area contributed by atoms with Gasteiger partial charge >= 0.3 is 5.97 Å². The van der Waals surface area contributed by atoms with Gasteiger partial charge in [-0.3, -0.25) is 9.59 Å². The summed E-state index contributed by atoms with van der Waals surface area (Å²) in [6.07, 6.45) is 1.40. The average molecular weight is 374 g/mol. The second kappa shape index (κ2) is 6.97. The van der Waals surface area contributed by atoms with Crippen LogP contribution < -0.4 is 5.73 Å². The summed E-state index contributed by atoms with van der Waals surface area (Å²) < 4.78 is -1.41. The molecule has 0 aromatic carbocycles. The number of carbonyl (C=O) groups is 3. The van der Waals surface area contributed by atoms with Crippen molar-refractivity contribution in [1.29, 1.82) is 0 Å². The molecule has 2 rings (SSSR count). The van der Waals surface area contributed by atoms with E-state index in [1.807, 2.05) is 0 Å². The number of carboxylic acids is 1. The molecule has 4 unspecified atom stereocenters. The minimum atomic E-state index is -1.41. The van der Waals surface area contributed by atoms with E-state index in [9.17, 15) is 24.6 Å². The fourth-order valence-corrected chi connectivity index (χ4v) is 6.91. The Kier molecular flexibility index (Phi) is 5.56. The van der Waals surface area contributed by atoms with Gasteiger partial charge in [-0.2, -0.15) is 0 Å². The van der Waals surface area contributed by atoms with Gasteiger partial charge in [0.25, 0.3) is 0 Å². The van der Waals surface area contributed by atoms with Crippen LogP contribution in [0.3, 0.4) is 0 Å². The highest BCUT2D eigenvalue weighted by molar-refractivity contribution is 8.20. The second-order valence-corrected chi connectivity index (χ2v) is 9.02. The molecule has 0 aliphatic carbocycles. The molecule has 6 atom stereocenters. The lowest BCUT2D eigenvalue weighted by atomic mass is 9.89. The van der Waals surface area contributed by atoms with Crippen LogP contribution in [0.1, 0.15) is 26.7 Å². The first-order valence-corrected chi connectivity index (χ1v) is 9.46. The Labute approximate surface area is 149 Å². The van der Waals surface area contributed by atoms with Crippen LogP contribution in [0, 0.1) is 5.92 Å². The van der Waals surface area contributed by atoms with E-state index < -0.39 is 44.6 Å². The average Bonchev–Trinajstić information content (AvgIpc) is 2.75. The third kappa shape index (κ3) is 2.82. The fraction of sp³-hybridized carbons (Fsp3) is 0.667. The highest BCUT2D eigenvalue weighted by atomic mass is 32.2. The number of β-lactam (4-membered cyclic amide) rings is 1. The largest absolute Gasteiger partial charge is 0.480 e. The molecule has 24 heavy (non-hydrogen) atoms. The molecule has 0 aromatic rings. The molecule has 2 amide bonds. The number of aliphatic carboxylic acids is 1. The summed E-state index contributed by atoms with van der Waals surface area (Å²) in [5.74, 6) is -2.56. The van der Waals surface area contributed by atoms with E-state index in [0.29, 0.717) is 6.42 Å². The number of amides is 2. The zero-order chi connectivity index (χ0) is 18.2. The van der Waals surface area contributed by atoms with Crippen LogP contribution in [0.4, 0.5) is 0 Å². The maximum atomic E-state index is 12.4. The summed E-state index contributed by atoms with van der Waals surface area (Å²) in [6.45, 7) is 6.94. The van der Waals surface area contributed by atoms with Crippen LogP contribution in [-0.2, 0) is 14.4 Å². The number of aliphatic hydroxyl groups is 1. The Morgan fingerprint density at radius 1 is 1.58 bits per heavy atom. The predicted octanol–water partition coefficient (Wildman–Crippen LogP) is 0.621. The summed E-state index contributed by atoms with van der Waals surface area (Å²) in [5, 5.41) is 18.7. The Bertz CT molecular complexity index is 570. The van der Waals surface area contributed by atoms with Crippen molar-refractivity contribution in [2.75, 3.05) is 0 Å². The van der Waals surface area contributed by atoms with Crippen LogP contribution in [0.15, 0.2) is 12.7 Å². The smallest absolute Gasteiger partial charge is 0.332 e. The number of primary amides is 1. The molecule has 2 saturated heterocycles. The Morgan fingerprint density at radius 3 is 2.62 bits per heavy atom. The quantitative estimate of drug-likeness (QED) is 0.421. The Morgan fingerprint density at radius 2 is 2.21 bits per heavy atom. The highest BCUT2D eigenvalue weighted by Crippen LogP contribution is 2.60. The van der Waals surface area contributed by atoms with Gasteiger partial charge in [-0.05, 0) is 19.8 Å². The molecule has 0 spiro atoms. The van der Waals surface area contributed by atoms with Gasteiger partial charge in [0, 0.05) is 0 Å². The van der Waals surface area contributed by atoms with Gasteiger partial charge in [-0.15, -0.1) is 30.1 Å². The van der Waals surface area contributed by atoms with E-state index in [0.717, 1.165) is 23.5 Å². The molecule has 134 valence electrons. The molecule has 0 aromatic heterocycles. The summed E-state index contributed by atoms with van der Waals surface area (Å²) >= 11 is 2.11. The van der Waals surface area contributed by atoms with Crippen LogP contribution in [0.2, 0.25) is 0 Å². The number of nitrogens with two attached hydrogens (primary N) is 1. The molecule has 7 nitrogen and oxygen atoms in total. The number of aliphatic hydroxyl groups excluding tert-OH is 1. The van der Waals surface area contributed by atoms with E-state index in [4.69, 9.17) is 5.73 Å². The third-order valence-electron chi connectivity index (χ3n) is 4.40. The lowest BCUT2D eigenvalue weighted by Crippen LogP contribution is -2.63. The molecule has 2 aliphatic rings. The minimum Gasteiger partial charge on any atom is -0.480 e. The molecule has 0 radical (unpaired) electrons. The first-order valence-electron chi connectivity index (χ1n) is 7.70. The van der Waals surface area contributed by atoms with E-state index in [1.54, 1.807) is 13.0 Å². The van der Waals surface area contributed by atoms with E-state index in [1.165, 1.54) is 11.8 Å². The van der Waals surface area contributed by atoms with Gasteiger partial charge in [-0.25, -0.2) is 4.79 Å². The molecular weight excluding hydrogens is 352 g/mol. The van der Waals surface area contributed by atoms with Crippen molar-refractivity contribution in [1.82, 2.24) is 4.90 Å². The van der Waals surface area contributed by atoms with E-state index in [2.05, 4.69) is 6.58 Å². The molecule has 2 heterocycles. The normalized spacial score (nSPS) is 34.2. The van der Waals surface area contributed by atoms with Crippen LogP contribution >= 0.6 is 23.5 Å². The zero-order valence-electron chi connectivity index (χ0n) is 13.5. The number of carboxylic acid groups (broad SMARTS) is 1. The minimum absolute atomic E-state index is 0.259. The SMILES string of the molecule is C=CCC1N2C(=O)[C@H](C(C)O)[C@H]2SC1(SC(CC)C(N)=O)C(=O)O. The molecule has 2 fully saturated rings. The number of hydrogen-bond acceptors (Lipinski definition) is 6. The van der Waals surface area contributed by atoms with Crippen molar-refractivity contribution >= 4 is 41.3 Å². The van der Waals surface area contributed by atoms with Crippen molar-refractivity contribution in [3.8, 4) is 0 Å². The number of rotatable bonds is 8. The van der Waals surface area contributed by atoms with Crippen molar-refractivity contribution < 1.29 is 24.6 Å². The summed E-state index contributed by atoms with van der Waals surface area (Å²) in [6, 6.07) is -0.636. The summed E-state index contributed by atoms with van der Waals surface area (Å²) in [7, 11) is 0. The van der Waals surface area contributed by atoms with Gasteiger partial charge in [0.1, 0.15) is 0 Å². The molecule has 2 aliphatic heterocycles. The van der Waals surface area contributed by atoms with Crippen LogP contribution in [0.5, 0.6) is 0 Å². The van der Waals surface area contributed by atoms with E-state index in [-0.39, 0.29) is 12.3 Å². The number of hydrogen-bond donors (Lipinski definition) is 3. The highest BCUT2D eigenvalue weighted by Gasteiger charge is 2.68. The maximum absolute atomic E-state index is 12.4. The fourth-order valence-electron chi connectivity index (χ4n) is 3.19. The van der Waals surface area contributed by atoms with Crippen molar-refractivity contribution in [2.24, 2.45) is 11.7 Å². The van der Waals surface area contributed by atoms with Gasteiger partial charge in [-0.1, -0.05) is 13.0 Å². The molecule has 9 heteroatoms.